The largest absolute Gasteiger partial charge is 0.350 e. The van der Waals surface area contributed by atoms with Gasteiger partial charge in [0.1, 0.15) is 0 Å². The summed E-state index contributed by atoms with van der Waals surface area (Å²) in [5, 5.41) is 2.92. The number of hydrogen-bond donors (Lipinski definition) is 1. The Bertz CT molecular complexity index is 669. The number of amides is 3. The van der Waals surface area contributed by atoms with Gasteiger partial charge in [-0.3, -0.25) is 4.79 Å². The summed E-state index contributed by atoms with van der Waals surface area (Å²) < 4.78 is 11.2. The van der Waals surface area contributed by atoms with Crippen molar-refractivity contribution in [3.8, 4) is 0 Å². The maximum atomic E-state index is 13.0. The van der Waals surface area contributed by atoms with Crippen LogP contribution in [0.1, 0.15) is 25.7 Å². The Balaban J connectivity index is 1.28. The van der Waals surface area contributed by atoms with Gasteiger partial charge in [0.05, 0.1) is 19.1 Å². The number of nitrogens with one attached hydrogen (secondary N) is 1. The smallest absolute Gasteiger partial charge is 0.321 e. The van der Waals surface area contributed by atoms with E-state index in [0.29, 0.717) is 32.2 Å². The van der Waals surface area contributed by atoms with Crippen LogP contribution in [-0.4, -0.2) is 67.4 Å². The summed E-state index contributed by atoms with van der Waals surface area (Å²) >= 11 is 0. The third kappa shape index (κ3) is 4.47. The van der Waals surface area contributed by atoms with Gasteiger partial charge in [-0.1, -0.05) is 18.2 Å². The molecule has 1 aromatic carbocycles. The lowest BCUT2D eigenvalue weighted by molar-refractivity contribution is -0.142. The lowest BCUT2D eigenvalue weighted by Gasteiger charge is -2.38. The first-order chi connectivity index (χ1) is 13.7. The van der Waals surface area contributed by atoms with Gasteiger partial charge in [0.15, 0.2) is 6.29 Å². The molecule has 0 radical (unpaired) electrons. The SMILES string of the molecule is O=C(Nc1ccccc1)N1CCCC(C(=O)N2CCC(C3OCCO3)CC2)C1. The van der Waals surface area contributed by atoms with Crippen LogP contribution in [0.3, 0.4) is 0 Å². The van der Waals surface area contributed by atoms with Crippen LogP contribution >= 0.6 is 0 Å². The van der Waals surface area contributed by atoms with Crippen molar-refractivity contribution < 1.29 is 19.1 Å². The fourth-order valence-electron chi connectivity index (χ4n) is 4.39. The topological polar surface area (TPSA) is 71.1 Å². The number of likely N-dealkylation sites (tertiary alicyclic amines) is 2. The normalized spacial score (nSPS) is 24.4. The highest BCUT2D eigenvalue weighted by molar-refractivity contribution is 5.90. The number of rotatable bonds is 3. The second-order valence-electron chi connectivity index (χ2n) is 7.85. The van der Waals surface area contributed by atoms with E-state index in [-0.39, 0.29) is 24.1 Å². The lowest BCUT2D eigenvalue weighted by atomic mass is 9.92. The van der Waals surface area contributed by atoms with Crippen LogP contribution in [0.15, 0.2) is 30.3 Å². The maximum Gasteiger partial charge on any atom is 0.321 e. The molecule has 0 aromatic heterocycles. The summed E-state index contributed by atoms with van der Waals surface area (Å²) in [6.07, 6.45) is 3.45. The number of benzene rings is 1. The quantitative estimate of drug-likeness (QED) is 0.865. The molecular formula is C21H29N3O4. The molecule has 4 rings (SSSR count). The summed E-state index contributed by atoms with van der Waals surface area (Å²) in [4.78, 5) is 29.3. The molecule has 1 atom stereocenters. The molecule has 0 bridgehead atoms. The fourth-order valence-corrected chi connectivity index (χ4v) is 4.39. The molecule has 3 amide bonds. The first-order valence-electron chi connectivity index (χ1n) is 10.3. The minimum Gasteiger partial charge on any atom is -0.350 e. The van der Waals surface area contributed by atoms with E-state index in [1.54, 1.807) is 4.90 Å². The Morgan fingerprint density at radius 2 is 1.64 bits per heavy atom. The predicted octanol–water partition coefficient (Wildman–Crippen LogP) is 2.54. The van der Waals surface area contributed by atoms with Gasteiger partial charge in [-0.25, -0.2) is 4.79 Å². The van der Waals surface area contributed by atoms with Gasteiger partial charge in [0.2, 0.25) is 5.91 Å². The van der Waals surface area contributed by atoms with E-state index in [1.165, 1.54) is 0 Å². The molecule has 3 aliphatic rings. The number of carbonyl (C=O) groups is 2. The molecule has 1 unspecified atom stereocenters. The third-order valence-corrected chi connectivity index (χ3v) is 5.97. The van der Waals surface area contributed by atoms with Crippen molar-refractivity contribution in [3.63, 3.8) is 0 Å². The Morgan fingerprint density at radius 3 is 2.36 bits per heavy atom. The van der Waals surface area contributed by atoms with Crippen LogP contribution in [0, 0.1) is 11.8 Å². The van der Waals surface area contributed by atoms with E-state index in [2.05, 4.69) is 5.32 Å². The number of piperidine rings is 2. The first-order valence-corrected chi connectivity index (χ1v) is 10.3. The highest BCUT2D eigenvalue weighted by atomic mass is 16.7. The number of ether oxygens (including phenoxy) is 2. The zero-order valence-electron chi connectivity index (χ0n) is 16.2. The maximum absolute atomic E-state index is 13.0. The molecule has 0 spiro atoms. The van der Waals surface area contributed by atoms with Gasteiger partial charge in [-0.15, -0.1) is 0 Å². The molecular weight excluding hydrogens is 358 g/mol. The number of carbonyl (C=O) groups excluding carboxylic acids is 2. The second kappa shape index (κ2) is 8.92. The van der Waals surface area contributed by atoms with E-state index in [1.807, 2.05) is 35.2 Å². The van der Waals surface area contributed by atoms with E-state index in [9.17, 15) is 9.59 Å². The summed E-state index contributed by atoms with van der Waals surface area (Å²) in [5.41, 5.74) is 0.777. The third-order valence-electron chi connectivity index (χ3n) is 5.97. The molecule has 0 saturated carbocycles. The van der Waals surface area contributed by atoms with Crippen LogP contribution in [0.5, 0.6) is 0 Å². The fraction of sp³-hybridized carbons (Fsp3) is 0.619. The zero-order valence-corrected chi connectivity index (χ0v) is 16.2. The van der Waals surface area contributed by atoms with Crippen molar-refractivity contribution in [1.29, 1.82) is 0 Å². The van der Waals surface area contributed by atoms with Crippen molar-refractivity contribution in [2.45, 2.75) is 32.0 Å². The predicted molar refractivity (Wildman–Crippen MR) is 105 cm³/mol. The number of para-hydroxylation sites is 1. The number of anilines is 1. The molecule has 3 saturated heterocycles. The molecule has 7 heteroatoms. The van der Waals surface area contributed by atoms with Crippen molar-refractivity contribution in [3.05, 3.63) is 30.3 Å². The molecule has 1 N–H and O–H groups in total. The molecule has 3 aliphatic heterocycles. The van der Waals surface area contributed by atoms with Gasteiger partial charge in [-0.05, 0) is 37.8 Å². The van der Waals surface area contributed by atoms with Crippen molar-refractivity contribution in [2.24, 2.45) is 11.8 Å². The Kier molecular flexibility index (Phi) is 6.12. The molecule has 0 aliphatic carbocycles. The number of urea groups is 1. The summed E-state index contributed by atoms with van der Waals surface area (Å²) in [5.74, 6) is 0.459. The standard InChI is InChI=1S/C21H29N3O4/c25-19(23-11-8-16(9-12-23)20-27-13-14-28-20)17-5-4-10-24(15-17)21(26)22-18-6-2-1-3-7-18/h1-3,6-7,16-17,20H,4-5,8-15H2,(H,22,26). The molecule has 7 nitrogen and oxygen atoms in total. The summed E-state index contributed by atoms with van der Waals surface area (Å²) in [6.45, 7) is 4.03. The van der Waals surface area contributed by atoms with E-state index < -0.39 is 0 Å². The minimum atomic E-state index is -0.127. The average Bonchev–Trinajstić information content (AvgIpc) is 3.29. The van der Waals surface area contributed by atoms with Crippen molar-refractivity contribution in [2.75, 3.05) is 44.7 Å². The Labute approximate surface area is 166 Å². The van der Waals surface area contributed by atoms with Crippen LogP contribution in [0.4, 0.5) is 10.5 Å². The summed E-state index contributed by atoms with van der Waals surface area (Å²) in [7, 11) is 0. The van der Waals surface area contributed by atoms with Gasteiger partial charge >= 0.3 is 6.03 Å². The molecule has 3 fully saturated rings. The van der Waals surface area contributed by atoms with E-state index in [4.69, 9.17) is 9.47 Å². The minimum absolute atomic E-state index is 0.0934. The van der Waals surface area contributed by atoms with Gasteiger partial charge < -0.3 is 24.6 Å². The molecule has 152 valence electrons. The summed E-state index contributed by atoms with van der Waals surface area (Å²) in [6, 6.07) is 9.31. The van der Waals surface area contributed by atoms with Gasteiger partial charge in [0, 0.05) is 37.8 Å². The number of nitrogens with zero attached hydrogens (tertiary/aromatic N) is 2. The molecule has 3 heterocycles. The molecule has 28 heavy (non-hydrogen) atoms. The first kappa shape index (κ1) is 19.2. The van der Waals surface area contributed by atoms with Crippen molar-refractivity contribution >= 4 is 17.6 Å². The average molecular weight is 387 g/mol. The van der Waals surface area contributed by atoms with Crippen LogP contribution < -0.4 is 5.32 Å². The van der Waals surface area contributed by atoms with E-state index >= 15 is 0 Å². The highest BCUT2D eigenvalue weighted by Crippen LogP contribution is 2.28. The number of hydrogen-bond acceptors (Lipinski definition) is 4. The zero-order chi connectivity index (χ0) is 19.3. The van der Waals surface area contributed by atoms with Gasteiger partial charge in [0.25, 0.3) is 0 Å². The van der Waals surface area contributed by atoms with Crippen molar-refractivity contribution in [1.82, 2.24) is 9.80 Å². The highest BCUT2D eigenvalue weighted by Gasteiger charge is 2.35. The van der Waals surface area contributed by atoms with Crippen LogP contribution in [0.25, 0.3) is 0 Å². The Hall–Kier alpha value is -2.12. The lowest BCUT2D eigenvalue weighted by Crippen LogP contribution is -2.50. The van der Waals surface area contributed by atoms with E-state index in [0.717, 1.165) is 44.5 Å². The van der Waals surface area contributed by atoms with Crippen LogP contribution in [0.2, 0.25) is 0 Å². The van der Waals surface area contributed by atoms with Crippen LogP contribution in [-0.2, 0) is 14.3 Å². The van der Waals surface area contributed by atoms with Gasteiger partial charge in [-0.2, -0.15) is 0 Å². The monoisotopic (exact) mass is 387 g/mol. The molecule has 1 aromatic rings. The Morgan fingerprint density at radius 1 is 0.929 bits per heavy atom. The second-order valence-corrected chi connectivity index (χ2v) is 7.85.